The summed E-state index contributed by atoms with van der Waals surface area (Å²) < 4.78 is 0. The van der Waals surface area contributed by atoms with E-state index in [1.165, 1.54) is 0 Å². The number of unbranched alkanes of at least 4 members (excludes halogenated alkanes) is 3. The third-order valence-electron chi connectivity index (χ3n) is 1.07. The maximum absolute atomic E-state index is 8.30. The van der Waals surface area contributed by atoms with Crippen LogP contribution in [0.1, 0.15) is 25.7 Å². The fourth-order valence-electron chi connectivity index (χ4n) is 0.577. The van der Waals surface area contributed by atoms with Gasteiger partial charge in [0, 0.05) is 13.2 Å². The quantitative estimate of drug-likeness (QED) is 0.579. The zero-order valence-electron chi connectivity index (χ0n) is 5.55. The molecule has 0 bridgehead atoms. The first-order valence-electron chi connectivity index (χ1n) is 3.13. The molecule has 0 heterocycles. The summed E-state index contributed by atoms with van der Waals surface area (Å²) >= 11 is 0. The minimum Gasteiger partial charge on any atom is -0.396 e. The zero-order chi connectivity index (χ0) is 6.24. The second-order valence-corrected chi connectivity index (χ2v) is 1.86. The Morgan fingerprint density at radius 1 is 0.667 bits per heavy atom. The second-order valence-electron chi connectivity index (χ2n) is 1.86. The van der Waals surface area contributed by atoms with Gasteiger partial charge in [0.05, 0.1) is 0 Å². The number of aliphatic hydroxyl groups excluding tert-OH is 2. The van der Waals surface area contributed by atoms with Gasteiger partial charge in [-0.2, -0.15) is 0 Å². The monoisotopic (exact) mass is 154 g/mol. The number of aliphatic hydroxyl groups is 2. The van der Waals surface area contributed by atoms with E-state index >= 15 is 0 Å². The van der Waals surface area contributed by atoms with Gasteiger partial charge in [0.1, 0.15) is 0 Å². The van der Waals surface area contributed by atoms with Gasteiger partial charge >= 0.3 is 0 Å². The highest BCUT2D eigenvalue weighted by atomic mass is 35.5. The van der Waals surface area contributed by atoms with Crippen LogP contribution in [0.3, 0.4) is 0 Å². The van der Waals surface area contributed by atoms with Crippen molar-refractivity contribution in [3.05, 3.63) is 0 Å². The molecule has 0 amide bonds. The number of hydrogen-bond donors (Lipinski definition) is 2. The molecule has 3 heteroatoms. The first-order chi connectivity index (χ1) is 3.91. The minimum atomic E-state index is 0. The Balaban J connectivity index is 0. The van der Waals surface area contributed by atoms with Gasteiger partial charge in [-0.15, -0.1) is 12.4 Å². The van der Waals surface area contributed by atoms with Crippen molar-refractivity contribution in [2.45, 2.75) is 25.7 Å². The molecule has 0 aliphatic heterocycles. The Labute approximate surface area is 62.3 Å². The van der Waals surface area contributed by atoms with Crippen molar-refractivity contribution in [2.75, 3.05) is 13.2 Å². The number of rotatable bonds is 5. The van der Waals surface area contributed by atoms with E-state index in [1.807, 2.05) is 0 Å². The van der Waals surface area contributed by atoms with E-state index in [1.54, 1.807) is 0 Å². The van der Waals surface area contributed by atoms with Crippen LogP contribution in [-0.4, -0.2) is 23.4 Å². The third kappa shape index (κ3) is 11.7. The van der Waals surface area contributed by atoms with Gasteiger partial charge in [0.15, 0.2) is 0 Å². The van der Waals surface area contributed by atoms with Crippen LogP contribution in [0.4, 0.5) is 0 Å². The van der Waals surface area contributed by atoms with E-state index < -0.39 is 0 Å². The van der Waals surface area contributed by atoms with Crippen molar-refractivity contribution in [1.82, 2.24) is 0 Å². The molecule has 0 aromatic rings. The van der Waals surface area contributed by atoms with Crippen molar-refractivity contribution in [3.63, 3.8) is 0 Å². The molecule has 0 aliphatic carbocycles. The molecule has 0 aromatic carbocycles. The van der Waals surface area contributed by atoms with Crippen molar-refractivity contribution in [3.8, 4) is 0 Å². The van der Waals surface area contributed by atoms with Crippen LogP contribution in [0.25, 0.3) is 0 Å². The first kappa shape index (κ1) is 11.9. The molecule has 0 rings (SSSR count). The lowest BCUT2D eigenvalue weighted by Gasteiger charge is -1.93. The van der Waals surface area contributed by atoms with Crippen molar-refractivity contribution in [1.29, 1.82) is 0 Å². The van der Waals surface area contributed by atoms with Crippen molar-refractivity contribution >= 4 is 12.4 Å². The molecule has 0 aromatic heterocycles. The summed E-state index contributed by atoms with van der Waals surface area (Å²) in [7, 11) is 0. The highest BCUT2D eigenvalue weighted by Gasteiger charge is 1.84. The van der Waals surface area contributed by atoms with Crippen LogP contribution >= 0.6 is 12.4 Å². The predicted molar refractivity (Wildman–Crippen MR) is 39.9 cm³/mol. The van der Waals surface area contributed by atoms with E-state index in [2.05, 4.69) is 0 Å². The lowest BCUT2D eigenvalue weighted by atomic mass is 10.2. The highest BCUT2D eigenvalue weighted by molar-refractivity contribution is 5.85. The molecule has 0 fully saturated rings. The van der Waals surface area contributed by atoms with Crippen LogP contribution in [-0.2, 0) is 0 Å². The summed E-state index contributed by atoms with van der Waals surface area (Å²) in [5, 5.41) is 16.6. The summed E-state index contributed by atoms with van der Waals surface area (Å²) in [6.45, 7) is 0.566. The number of halogens is 1. The average molecular weight is 155 g/mol. The minimum absolute atomic E-state index is 0. The molecular weight excluding hydrogens is 140 g/mol. The van der Waals surface area contributed by atoms with Crippen LogP contribution in [0, 0.1) is 0 Å². The Bertz CT molecular complexity index is 36.0. The Morgan fingerprint density at radius 2 is 1.00 bits per heavy atom. The summed E-state index contributed by atoms with van der Waals surface area (Å²) in [6.07, 6.45) is 3.83. The molecule has 0 radical (unpaired) electrons. The van der Waals surface area contributed by atoms with E-state index in [4.69, 9.17) is 10.2 Å². The largest absolute Gasteiger partial charge is 0.396 e. The Morgan fingerprint density at radius 3 is 1.22 bits per heavy atom. The summed E-state index contributed by atoms with van der Waals surface area (Å²) in [5.74, 6) is 0. The summed E-state index contributed by atoms with van der Waals surface area (Å²) in [6, 6.07) is 0. The zero-order valence-corrected chi connectivity index (χ0v) is 6.36. The topological polar surface area (TPSA) is 40.5 Å². The maximum Gasteiger partial charge on any atom is 0.0431 e. The van der Waals surface area contributed by atoms with Gasteiger partial charge < -0.3 is 10.2 Å². The van der Waals surface area contributed by atoms with E-state index in [-0.39, 0.29) is 25.6 Å². The van der Waals surface area contributed by atoms with Crippen molar-refractivity contribution in [2.24, 2.45) is 0 Å². The van der Waals surface area contributed by atoms with E-state index in [9.17, 15) is 0 Å². The molecule has 2 nitrogen and oxygen atoms in total. The molecule has 0 saturated heterocycles. The smallest absolute Gasteiger partial charge is 0.0431 e. The van der Waals surface area contributed by atoms with Gasteiger partial charge in [0.25, 0.3) is 0 Å². The van der Waals surface area contributed by atoms with Crippen LogP contribution in [0.15, 0.2) is 0 Å². The molecule has 0 unspecified atom stereocenters. The van der Waals surface area contributed by atoms with Crippen LogP contribution in [0.2, 0.25) is 0 Å². The third-order valence-corrected chi connectivity index (χ3v) is 1.07. The molecule has 2 N–H and O–H groups in total. The van der Waals surface area contributed by atoms with E-state index in [0.717, 1.165) is 25.7 Å². The van der Waals surface area contributed by atoms with Crippen molar-refractivity contribution < 1.29 is 10.2 Å². The summed E-state index contributed by atoms with van der Waals surface area (Å²) in [5.41, 5.74) is 0. The Hall–Kier alpha value is 0.210. The van der Waals surface area contributed by atoms with Crippen LogP contribution in [0.5, 0.6) is 0 Å². The average Bonchev–Trinajstić information content (AvgIpc) is 1.81. The second kappa shape index (κ2) is 11.1. The molecule has 58 valence electrons. The number of hydrogen-bond acceptors (Lipinski definition) is 2. The maximum atomic E-state index is 8.30. The fourth-order valence-corrected chi connectivity index (χ4v) is 0.577. The van der Waals surface area contributed by atoms with Gasteiger partial charge in [-0.3, -0.25) is 0 Å². The van der Waals surface area contributed by atoms with Crippen LogP contribution < -0.4 is 0 Å². The molecule has 0 saturated carbocycles. The first-order valence-corrected chi connectivity index (χ1v) is 3.13. The standard InChI is InChI=1S/C6H14O2.ClH/c7-5-3-1-2-4-6-8;/h7-8H,1-6H2;1H. The lowest BCUT2D eigenvalue weighted by molar-refractivity contribution is 0.265. The van der Waals surface area contributed by atoms with Gasteiger partial charge in [-0.05, 0) is 12.8 Å². The molecule has 0 spiro atoms. The molecule has 9 heavy (non-hydrogen) atoms. The Kier molecular flexibility index (Phi) is 14.7. The van der Waals surface area contributed by atoms with Gasteiger partial charge in [-0.1, -0.05) is 12.8 Å². The SMILES string of the molecule is Cl.OCCCCCCO. The highest BCUT2D eigenvalue weighted by Crippen LogP contribution is 1.96. The lowest BCUT2D eigenvalue weighted by Crippen LogP contribution is -1.85. The normalized spacial score (nSPS) is 8.67. The molecule has 0 atom stereocenters. The summed E-state index contributed by atoms with van der Waals surface area (Å²) in [4.78, 5) is 0. The van der Waals surface area contributed by atoms with Gasteiger partial charge in [-0.25, -0.2) is 0 Å². The van der Waals surface area contributed by atoms with E-state index in [0.29, 0.717) is 0 Å². The molecular formula is C6H15ClO2. The molecule has 0 aliphatic rings. The predicted octanol–water partition coefficient (Wildman–Crippen LogP) is 0.953. The van der Waals surface area contributed by atoms with Gasteiger partial charge in [0.2, 0.25) is 0 Å². The fraction of sp³-hybridized carbons (Fsp3) is 1.00.